The van der Waals surface area contributed by atoms with Crippen molar-refractivity contribution in [3.63, 3.8) is 0 Å². The largest absolute Gasteiger partial charge is 0.462 e. The number of hydrogen-bond acceptors (Lipinski definition) is 6. The average Bonchev–Trinajstić information content (AvgIpc) is 3.43. The summed E-state index contributed by atoms with van der Waals surface area (Å²) in [5.41, 5.74) is 0. The standard InChI is InChI=1S/C71H118O6/c1-4-7-10-13-16-19-22-24-26-27-28-29-30-31-32-33-34-35-36-37-38-39-40-41-42-43-45-46-49-52-55-58-61-64-70(73)76-67-68(66-75-69(72)63-60-57-54-51-48-21-18-15-12-9-6-3)77-71(74)65-62-59-56-53-50-47-44-25-23-20-17-14-11-8-5-2/h7-8,10-11,16-17,19-20,24-26,28-29,31-32,34-35,37-38,44,68H,4-6,9,12-15,18,21-23,27,30,33,36,39-43,45-67H2,1-3H3/b10-7-,11-8-,19-16-,20-17-,26-24-,29-28-,32-31-,35-34-,38-37-,44-25-. The molecule has 6 nitrogen and oxygen atoms in total. The van der Waals surface area contributed by atoms with Gasteiger partial charge in [0.2, 0.25) is 0 Å². The fourth-order valence-corrected chi connectivity index (χ4v) is 8.73. The molecule has 0 amide bonds. The molecule has 0 aliphatic heterocycles. The minimum Gasteiger partial charge on any atom is -0.462 e. The van der Waals surface area contributed by atoms with Gasteiger partial charge in [-0.05, 0) is 109 Å². The van der Waals surface area contributed by atoms with Crippen LogP contribution in [0.15, 0.2) is 122 Å². The molecule has 77 heavy (non-hydrogen) atoms. The second-order valence-electron chi connectivity index (χ2n) is 20.9. The first-order valence-corrected chi connectivity index (χ1v) is 32.0. The van der Waals surface area contributed by atoms with Crippen LogP contribution in [0.4, 0.5) is 0 Å². The minimum atomic E-state index is -0.788. The zero-order valence-corrected chi connectivity index (χ0v) is 50.2. The fourth-order valence-electron chi connectivity index (χ4n) is 8.73. The lowest BCUT2D eigenvalue weighted by Crippen LogP contribution is -2.30. The van der Waals surface area contributed by atoms with Gasteiger partial charge in [0, 0.05) is 19.3 Å². The highest BCUT2D eigenvalue weighted by Gasteiger charge is 2.19. The smallest absolute Gasteiger partial charge is 0.306 e. The molecule has 0 aromatic rings. The van der Waals surface area contributed by atoms with E-state index in [0.717, 1.165) is 141 Å². The molecule has 0 saturated heterocycles. The predicted molar refractivity (Wildman–Crippen MR) is 334 cm³/mol. The summed E-state index contributed by atoms with van der Waals surface area (Å²) < 4.78 is 16.9. The second kappa shape index (κ2) is 64.3. The van der Waals surface area contributed by atoms with Crippen LogP contribution in [0.1, 0.15) is 290 Å². The molecule has 0 bridgehead atoms. The van der Waals surface area contributed by atoms with Crippen molar-refractivity contribution in [2.75, 3.05) is 13.2 Å². The highest BCUT2D eigenvalue weighted by atomic mass is 16.6. The van der Waals surface area contributed by atoms with Gasteiger partial charge in [0.15, 0.2) is 6.10 Å². The molecule has 0 heterocycles. The zero-order chi connectivity index (χ0) is 55.7. The number of carbonyl (C=O) groups excluding carboxylic acids is 3. The summed E-state index contributed by atoms with van der Waals surface area (Å²) in [4.78, 5) is 38.2. The number of esters is 3. The molecule has 0 N–H and O–H groups in total. The lowest BCUT2D eigenvalue weighted by molar-refractivity contribution is -0.167. The van der Waals surface area contributed by atoms with Crippen molar-refractivity contribution in [1.82, 2.24) is 0 Å². The molecule has 0 fully saturated rings. The van der Waals surface area contributed by atoms with Crippen LogP contribution in [-0.4, -0.2) is 37.2 Å². The van der Waals surface area contributed by atoms with Gasteiger partial charge in [0.05, 0.1) is 0 Å². The van der Waals surface area contributed by atoms with E-state index in [0.29, 0.717) is 19.3 Å². The maximum Gasteiger partial charge on any atom is 0.306 e. The first-order valence-electron chi connectivity index (χ1n) is 32.0. The second-order valence-corrected chi connectivity index (χ2v) is 20.9. The van der Waals surface area contributed by atoms with E-state index in [9.17, 15) is 14.4 Å². The minimum absolute atomic E-state index is 0.0846. The highest BCUT2D eigenvalue weighted by molar-refractivity contribution is 5.71. The van der Waals surface area contributed by atoms with Gasteiger partial charge in [-0.2, -0.15) is 0 Å². The molecule has 6 heteroatoms. The molecular weight excluding hydrogens is 949 g/mol. The molecule has 0 aliphatic rings. The third-order valence-electron chi connectivity index (χ3n) is 13.5. The SMILES string of the molecule is CC/C=C\C/C=C\C/C=C\C/C=C\C/C=C\C/C=C\C/C=C\CCCCCCCCCCCCCC(=O)OCC(COC(=O)CCCCCCCCCCCCC)OC(=O)CCCCCCC/C=C\C/C=C\C/C=C\CC. The van der Waals surface area contributed by atoms with Gasteiger partial charge in [0.1, 0.15) is 13.2 Å². The Hall–Kier alpha value is -4.19. The van der Waals surface area contributed by atoms with Crippen molar-refractivity contribution in [3.05, 3.63) is 122 Å². The number of unbranched alkanes of at least 4 members (excludes halogenated alkanes) is 26. The summed E-state index contributed by atoms with van der Waals surface area (Å²) in [5, 5.41) is 0. The molecule has 0 aromatic carbocycles. The summed E-state index contributed by atoms with van der Waals surface area (Å²) in [6, 6.07) is 0. The van der Waals surface area contributed by atoms with Crippen LogP contribution in [0.5, 0.6) is 0 Å². The maximum atomic E-state index is 12.9. The summed E-state index contributed by atoms with van der Waals surface area (Å²) >= 11 is 0. The van der Waals surface area contributed by atoms with Crippen LogP contribution in [-0.2, 0) is 28.6 Å². The zero-order valence-electron chi connectivity index (χ0n) is 50.2. The van der Waals surface area contributed by atoms with E-state index >= 15 is 0 Å². The number of rotatable bonds is 57. The van der Waals surface area contributed by atoms with Crippen molar-refractivity contribution in [2.45, 2.75) is 297 Å². The molecule has 1 unspecified atom stereocenters. The van der Waals surface area contributed by atoms with Crippen molar-refractivity contribution in [2.24, 2.45) is 0 Å². The van der Waals surface area contributed by atoms with Gasteiger partial charge < -0.3 is 14.2 Å². The Morgan fingerprint density at radius 2 is 0.506 bits per heavy atom. The molecule has 0 radical (unpaired) electrons. The molecule has 0 aliphatic carbocycles. The number of hydrogen-bond donors (Lipinski definition) is 0. The molecule has 0 saturated carbocycles. The average molecular weight is 1070 g/mol. The number of carbonyl (C=O) groups is 3. The first kappa shape index (κ1) is 72.8. The van der Waals surface area contributed by atoms with E-state index in [2.05, 4.69) is 142 Å². The summed E-state index contributed by atoms with van der Waals surface area (Å²) in [6.07, 6.45) is 89.3. The predicted octanol–water partition coefficient (Wildman–Crippen LogP) is 22.0. The normalized spacial score (nSPS) is 12.9. The Kier molecular flexibility index (Phi) is 60.8. The van der Waals surface area contributed by atoms with Crippen LogP contribution >= 0.6 is 0 Å². The third-order valence-corrected chi connectivity index (χ3v) is 13.5. The molecule has 0 spiro atoms. The van der Waals surface area contributed by atoms with Gasteiger partial charge in [-0.15, -0.1) is 0 Å². The van der Waals surface area contributed by atoms with Crippen molar-refractivity contribution in [3.8, 4) is 0 Å². The van der Waals surface area contributed by atoms with Crippen molar-refractivity contribution in [1.29, 1.82) is 0 Å². The maximum absolute atomic E-state index is 12.9. The summed E-state index contributed by atoms with van der Waals surface area (Å²) in [5.74, 6) is -0.901. The van der Waals surface area contributed by atoms with Gasteiger partial charge in [-0.25, -0.2) is 0 Å². The lowest BCUT2D eigenvalue weighted by atomic mass is 10.0. The highest BCUT2D eigenvalue weighted by Crippen LogP contribution is 2.16. The molecule has 0 aromatic heterocycles. The van der Waals surface area contributed by atoms with Gasteiger partial charge in [0.25, 0.3) is 0 Å². The van der Waals surface area contributed by atoms with Crippen molar-refractivity contribution < 1.29 is 28.6 Å². The summed E-state index contributed by atoms with van der Waals surface area (Å²) in [7, 11) is 0. The molecule has 438 valence electrons. The molecule has 0 rings (SSSR count). The van der Waals surface area contributed by atoms with Crippen LogP contribution in [0.3, 0.4) is 0 Å². The first-order chi connectivity index (χ1) is 38.0. The Labute approximate surface area is 475 Å². The van der Waals surface area contributed by atoms with Crippen LogP contribution in [0, 0.1) is 0 Å². The van der Waals surface area contributed by atoms with Crippen LogP contribution in [0.25, 0.3) is 0 Å². The van der Waals surface area contributed by atoms with Gasteiger partial charge in [-0.3, -0.25) is 14.4 Å². The third kappa shape index (κ3) is 62.5. The van der Waals surface area contributed by atoms with Crippen LogP contribution < -0.4 is 0 Å². The molecule has 1 atom stereocenters. The quantitative estimate of drug-likeness (QED) is 0.0261. The number of allylic oxidation sites excluding steroid dienone is 20. The van der Waals surface area contributed by atoms with Crippen molar-refractivity contribution >= 4 is 17.9 Å². The van der Waals surface area contributed by atoms with E-state index < -0.39 is 6.10 Å². The fraction of sp³-hybridized carbons (Fsp3) is 0.676. The van der Waals surface area contributed by atoms with E-state index in [1.54, 1.807) is 0 Å². The van der Waals surface area contributed by atoms with E-state index in [4.69, 9.17) is 14.2 Å². The molecular formula is C71H118O6. The Morgan fingerprint density at radius 1 is 0.273 bits per heavy atom. The Balaban J connectivity index is 4.20. The Bertz CT molecular complexity index is 1600. The van der Waals surface area contributed by atoms with Crippen LogP contribution in [0.2, 0.25) is 0 Å². The summed E-state index contributed by atoms with van der Waals surface area (Å²) in [6.45, 7) is 6.40. The lowest BCUT2D eigenvalue weighted by Gasteiger charge is -2.18. The van der Waals surface area contributed by atoms with Gasteiger partial charge >= 0.3 is 17.9 Å². The van der Waals surface area contributed by atoms with Gasteiger partial charge in [-0.1, -0.05) is 284 Å². The van der Waals surface area contributed by atoms with E-state index in [-0.39, 0.29) is 31.1 Å². The Morgan fingerprint density at radius 3 is 0.792 bits per heavy atom. The monoisotopic (exact) mass is 1070 g/mol. The number of ether oxygens (including phenoxy) is 3. The topological polar surface area (TPSA) is 78.9 Å². The van der Waals surface area contributed by atoms with E-state index in [1.807, 2.05) is 0 Å². The van der Waals surface area contributed by atoms with E-state index in [1.165, 1.54) is 109 Å².